The normalized spacial score (nSPS) is 10.6. The molecule has 8 heteroatoms. The minimum atomic E-state index is -1.05. The van der Waals surface area contributed by atoms with E-state index < -0.39 is 12.6 Å². The van der Waals surface area contributed by atoms with Gasteiger partial charge < -0.3 is 19.9 Å². The lowest BCUT2D eigenvalue weighted by Gasteiger charge is -2.13. The number of aliphatic carboxylic acids is 1. The molecule has 0 aromatic heterocycles. The molecule has 27 heavy (non-hydrogen) atoms. The molecule has 0 atom stereocenters. The van der Waals surface area contributed by atoms with E-state index in [9.17, 15) is 9.59 Å². The van der Waals surface area contributed by atoms with Crippen LogP contribution in [0, 0.1) is 5.92 Å². The number of benzene rings is 2. The molecule has 0 spiro atoms. The molecule has 1 amide bonds. The Hall–Kier alpha value is -2.06. The number of halogens is 2. The number of amides is 1. The average Bonchev–Trinajstić information content (AvgIpc) is 2.57. The van der Waals surface area contributed by atoms with Crippen LogP contribution in [0.4, 0.5) is 5.69 Å². The molecule has 2 N–H and O–H groups in total. The maximum Gasteiger partial charge on any atom is 0.341 e. The number of nitrogens with one attached hydrogen (secondary N) is 1. The fraction of sp³-hybridized carbons (Fsp3) is 0.263. The van der Waals surface area contributed by atoms with Gasteiger partial charge in [-0.3, -0.25) is 4.79 Å². The lowest BCUT2D eigenvalue weighted by molar-refractivity contribution is -0.139. The smallest absolute Gasteiger partial charge is 0.341 e. The topological polar surface area (TPSA) is 84.9 Å². The Morgan fingerprint density at radius 3 is 2.19 bits per heavy atom. The molecule has 0 heterocycles. The predicted octanol–water partition coefficient (Wildman–Crippen LogP) is 5.45. The van der Waals surface area contributed by atoms with Crippen molar-refractivity contribution in [2.75, 3.05) is 11.9 Å². The Kier molecular flexibility index (Phi) is 7.67. The lowest BCUT2D eigenvalue weighted by atomic mass is 10.1. The van der Waals surface area contributed by atoms with Gasteiger partial charge in [0.25, 0.3) is 0 Å². The zero-order valence-corrected chi connectivity index (χ0v) is 18.0. The van der Waals surface area contributed by atoms with Crippen LogP contribution in [0.1, 0.15) is 20.3 Å². The van der Waals surface area contributed by atoms with Gasteiger partial charge in [-0.1, -0.05) is 13.8 Å². The predicted molar refractivity (Wildman–Crippen MR) is 110 cm³/mol. The van der Waals surface area contributed by atoms with Gasteiger partial charge in [0.2, 0.25) is 5.91 Å². The van der Waals surface area contributed by atoms with Crippen molar-refractivity contribution < 1.29 is 24.2 Å². The number of ether oxygens (including phenoxy) is 2. The fourth-order valence-electron chi connectivity index (χ4n) is 2.17. The van der Waals surface area contributed by atoms with E-state index in [-0.39, 0.29) is 5.91 Å². The van der Waals surface area contributed by atoms with Crippen molar-refractivity contribution in [1.82, 2.24) is 0 Å². The zero-order chi connectivity index (χ0) is 20.0. The molecule has 0 radical (unpaired) electrons. The van der Waals surface area contributed by atoms with Crippen molar-refractivity contribution in [3.05, 3.63) is 45.3 Å². The van der Waals surface area contributed by atoms with E-state index in [0.29, 0.717) is 44.2 Å². The fourth-order valence-corrected chi connectivity index (χ4v) is 3.48. The van der Waals surface area contributed by atoms with E-state index >= 15 is 0 Å². The molecule has 144 valence electrons. The molecular formula is C19H19Br2NO5. The number of carbonyl (C=O) groups excluding carboxylic acids is 1. The van der Waals surface area contributed by atoms with E-state index in [1.807, 2.05) is 13.8 Å². The Morgan fingerprint density at radius 1 is 1.07 bits per heavy atom. The lowest BCUT2D eigenvalue weighted by Crippen LogP contribution is -2.13. The van der Waals surface area contributed by atoms with Crippen molar-refractivity contribution >= 4 is 49.4 Å². The van der Waals surface area contributed by atoms with Crippen LogP contribution in [-0.2, 0) is 9.59 Å². The standard InChI is InChI=1S/C19H19Br2NO5/c1-11(2)7-17(23)22-12-3-5-13(6-4-12)27-19-15(20)8-14(9-16(19)21)26-10-18(24)25/h3-6,8-9,11H,7,10H2,1-2H3,(H,22,23)(H,24,25). The van der Waals surface area contributed by atoms with Crippen molar-refractivity contribution in [2.24, 2.45) is 5.92 Å². The van der Waals surface area contributed by atoms with E-state index in [1.54, 1.807) is 36.4 Å². The van der Waals surface area contributed by atoms with E-state index in [1.165, 1.54) is 0 Å². The number of rotatable bonds is 8. The quantitative estimate of drug-likeness (QED) is 0.503. The minimum absolute atomic E-state index is 0.0268. The van der Waals surface area contributed by atoms with Crippen LogP contribution >= 0.6 is 31.9 Å². The maximum absolute atomic E-state index is 11.8. The van der Waals surface area contributed by atoms with Crippen LogP contribution in [0.3, 0.4) is 0 Å². The second-order valence-electron chi connectivity index (χ2n) is 6.17. The molecule has 2 rings (SSSR count). The van der Waals surface area contributed by atoms with Gasteiger partial charge in [-0.05, 0) is 74.2 Å². The third-order valence-corrected chi connectivity index (χ3v) is 4.46. The van der Waals surface area contributed by atoms with Crippen LogP contribution in [0.25, 0.3) is 0 Å². The van der Waals surface area contributed by atoms with Crippen molar-refractivity contribution in [3.8, 4) is 17.2 Å². The first kappa shape index (κ1) is 21.2. The number of anilines is 1. The summed E-state index contributed by atoms with van der Waals surface area (Å²) in [6.45, 7) is 3.55. The Bertz CT molecular complexity index is 798. The first-order valence-electron chi connectivity index (χ1n) is 8.16. The third-order valence-electron chi connectivity index (χ3n) is 3.29. The molecule has 6 nitrogen and oxygen atoms in total. The summed E-state index contributed by atoms with van der Waals surface area (Å²) in [5.74, 6) is 0.715. The molecule has 0 saturated carbocycles. The molecule has 0 aliphatic heterocycles. The van der Waals surface area contributed by atoms with Gasteiger partial charge in [-0.2, -0.15) is 0 Å². The highest BCUT2D eigenvalue weighted by molar-refractivity contribution is 9.11. The van der Waals surface area contributed by atoms with Crippen molar-refractivity contribution in [1.29, 1.82) is 0 Å². The summed E-state index contributed by atoms with van der Waals surface area (Å²) in [5.41, 5.74) is 0.698. The summed E-state index contributed by atoms with van der Waals surface area (Å²) in [7, 11) is 0. The van der Waals surface area contributed by atoms with Crippen LogP contribution in [-0.4, -0.2) is 23.6 Å². The maximum atomic E-state index is 11.8. The van der Waals surface area contributed by atoms with Gasteiger partial charge in [-0.25, -0.2) is 4.79 Å². The second-order valence-corrected chi connectivity index (χ2v) is 7.88. The van der Waals surface area contributed by atoms with Gasteiger partial charge in [0.05, 0.1) is 8.95 Å². The Morgan fingerprint density at radius 2 is 1.67 bits per heavy atom. The zero-order valence-electron chi connectivity index (χ0n) is 14.8. The summed E-state index contributed by atoms with van der Waals surface area (Å²) in [4.78, 5) is 22.4. The van der Waals surface area contributed by atoms with Gasteiger partial charge in [0, 0.05) is 12.1 Å². The average molecular weight is 501 g/mol. The number of carboxylic acid groups (broad SMARTS) is 1. The summed E-state index contributed by atoms with van der Waals surface area (Å²) >= 11 is 6.79. The molecule has 0 unspecified atom stereocenters. The molecule has 0 bridgehead atoms. The molecule has 0 fully saturated rings. The summed E-state index contributed by atoms with van der Waals surface area (Å²) in [6.07, 6.45) is 0.467. The summed E-state index contributed by atoms with van der Waals surface area (Å²) in [5, 5.41) is 11.5. The van der Waals surface area contributed by atoms with Crippen LogP contribution in [0.5, 0.6) is 17.2 Å². The first-order chi connectivity index (χ1) is 12.7. The molecule has 0 saturated heterocycles. The van der Waals surface area contributed by atoms with Gasteiger partial charge in [0.15, 0.2) is 12.4 Å². The molecule has 2 aromatic carbocycles. The monoisotopic (exact) mass is 499 g/mol. The minimum Gasteiger partial charge on any atom is -0.482 e. The number of carbonyl (C=O) groups is 2. The van der Waals surface area contributed by atoms with Gasteiger partial charge in [0.1, 0.15) is 11.5 Å². The van der Waals surface area contributed by atoms with Crippen molar-refractivity contribution in [2.45, 2.75) is 20.3 Å². The van der Waals surface area contributed by atoms with E-state index in [4.69, 9.17) is 14.6 Å². The van der Waals surface area contributed by atoms with E-state index in [2.05, 4.69) is 37.2 Å². The largest absolute Gasteiger partial charge is 0.482 e. The third kappa shape index (κ3) is 6.88. The number of hydrogen-bond acceptors (Lipinski definition) is 4. The Balaban J connectivity index is 2.06. The second kappa shape index (κ2) is 9.75. The van der Waals surface area contributed by atoms with Gasteiger partial charge >= 0.3 is 5.97 Å². The Labute approximate surface area is 174 Å². The van der Waals surface area contributed by atoms with Crippen LogP contribution < -0.4 is 14.8 Å². The van der Waals surface area contributed by atoms with Crippen LogP contribution in [0.2, 0.25) is 0 Å². The SMILES string of the molecule is CC(C)CC(=O)Nc1ccc(Oc2c(Br)cc(OCC(=O)O)cc2Br)cc1. The highest BCUT2D eigenvalue weighted by atomic mass is 79.9. The van der Waals surface area contributed by atoms with Crippen LogP contribution in [0.15, 0.2) is 45.3 Å². The van der Waals surface area contributed by atoms with Gasteiger partial charge in [-0.15, -0.1) is 0 Å². The molecular weight excluding hydrogens is 482 g/mol. The molecule has 0 aliphatic carbocycles. The van der Waals surface area contributed by atoms with Crippen molar-refractivity contribution in [3.63, 3.8) is 0 Å². The summed E-state index contributed by atoms with van der Waals surface area (Å²) < 4.78 is 12.2. The highest BCUT2D eigenvalue weighted by Crippen LogP contribution is 2.40. The number of carboxylic acids is 1. The molecule has 0 aliphatic rings. The first-order valence-corrected chi connectivity index (χ1v) is 9.74. The summed E-state index contributed by atoms with van der Waals surface area (Å²) in [6, 6.07) is 10.3. The molecule has 2 aromatic rings. The number of hydrogen-bond donors (Lipinski definition) is 2. The van der Waals surface area contributed by atoms with E-state index in [0.717, 1.165) is 0 Å². The highest BCUT2D eigenvalue weighted by Gasteiger charge is 2.12.